The van der Waals surface area contributed by atoms with Gasteiger partial charge in [0.25, 0.3) is 0 Å². The van der Waals surface area contributed by atoms with Gasteiger partial charge in [0, 0.05) is 13.7 Å². The van der Waals surface area contributed by atoms with Crippen LogP contribution in [-0.4, -0.2) is 35.6 Å². The quantitative estimate of drug-likeness (QED) is 0.731. The zero-order valence-electron chi connectivity index (χ0n) is 10.1. The van der Waals surface area contributed by atoms with Crippen LogP contribution in [0.2, 0.25) is 0 Å². The van der Waals surface area contributed by atoms with E-state index in [9.17, 15) is 4.79 Å². The lowest BCUT2D eigenvalue weighted by Crippen LogP contribution is -2.28. The molecular weight excluding hydrogens is 232 g/mol. The molecule has 0 aliphatic carbocycles. The number of nitrogens with two attached hydrogens (primary N) is 1. The molecule has 1 aromatic heterocycles. The first kappa shape index (κ1) is 12.5. The summed E-state index contributed by atoms with van der Waals surface area (Å²) in [5.41, 5.74) is 7.16. The molecule has 96 valence electrons. The van der Waals surface area contributed by atoms with E-state index in [0.717, 1.165) is 11.0 Å². The summed E-state index contributed by atoms with van der Waals surface area (Å²) in [6.07, 6.45) is -0.0567. The van der Waals surface area contributed by atoms with Crippen molar-refractivity contribution >= 4 is 22.9 Å². The molecule has 0 radical (unpaired) electrons. The van der Waals surface area contributed by atoms with E-state index in [1.807, 2.05) is 24.3 Å². The van der Waals surface area contributed by atoms with Gasteiger partial charge in [0.1, 0.15) is 0 Å². The third kappa shape index (κ3) is 2.85. The van der Waals surface area contributed by atoms with E-state index in [1.165, 1.54) is 7.11 Å². The van der Waals surface area contributed by atoms with E-state index < -0.39 is 0 Å². The number of nitrogens with one attached hydrogen (secondary N) is 2. The molecule has 0 saturated heterocycles. The highest BCUT2D eigenvalue weighted by Gasteiger charge is 2.12. The third-order valence-corrected chi connectivity index (χ3v) is 2.66. The van der Waals surface area contributed by atoms with E-state index in [4.69, 9.17) is 10.5 Å². The number of rotatable bonds is 5. The number of hydrogen-bond donors (Lipinski definition) is 3. The average Bonchev–Trinajstić information content (AvgIpc) is 2.77. The normalized spacial score (nSPS) is 12.6. The van der Waals surface area contributed by atoms with Crippen molar-refractivity contribution < 1.29 is 9.53 Å². The van der Waals surface area contributed by atoms with Gasteiger partial charge in [-0.25, -0.2) is 4.98 Å². The van der Waals surface area contributed by atoms with Crippen LogP contribution < -0.4 is 11.1 Å². The maximum Gasteiger partial charge on any atom is 0.229 e. The number of imidazole rings is 1. The standard InChI is InChI=1S/C12H16N4O2/c1-18-8(7-13)6-11(17)16-12-14-9-4-2-3-5-10(9)15-12/h2-5,8H,6-7,13H2,1H3,(H2,14,15,16,17). The summed E-state index contributed by atoms with van der Waals surface area (Å²) >= 11 is 0. The van der Waals surface area contributed by atoms with E-state index in [0.29, 0.717) is 12.5 Å². The van der Waals surface area contributed by atoms with Crippen LogP contribution in [0, 0.1) is 0 Å². The van der Waals surface area contributed by atoms with Gasteiger partial charge in [-0.1, -0.05) is 12.1 Å². The number of hydrogen-bond acceptors (Lipinski definition) is 4. The van der Waals surface area contributed by atoms with Crippen LogP contribution in [0.3, 0.4) is 0 Å². The fourth-order valence-electron chi connectivity index (χ4n) is 1.66. The fraction of sp³-hybridized carbons (Fsp3) is 0.333. The van der Waals surface area contributed by atoms with Gasteiger partial charge in [0.15, 0.2) is 0 Å². The number of fused-ring (bicyclic) bond motifs is 1. The lowest BCUT2D eigenvalue weighted by molar-refractivity contribution is -0.118. The van der Waals surface area contributed by atoms with Gasteiger partial charge in [-0.2, -0.15) is 0 Å². The Morgan fingerprint density at radius 2 is 2.33 bits per heavy atom. The van der Waals surface area contributed by atoms with Gasteiger partial charge in [-0.3, -0.25) is 10.1 Å². The molecule has 2 aromatic rings. The second-order valence-corrected chi connectivity index (χ2v) is 3.95. The molecule has 1 aromatic carbocycles. The number of anilines is 1. The minimum atomic E-state index is -0.269. The Hall–Kier alpha value is -1.92. The van der Waals surface area contributed by atoms with Crippen LogP contribution in [0.1, 0.15) is 6.42 Å². The molecule has 0 fully saturated rings. The molecule has 1 unspecified atom stereocenters. The minimum Gasteiger partial charge on any atom is -0.380 e. The van der Waals surface area contributed by atoms with Crippen molar-refractivity contribution in [1.29, 1.82) is 0 Å². The van der Waals surface area contributed by atoms with Crippen molar-refractivity contribution in [3.63, 3.8) is 0 Å². The SMILES string of the molecule is COC(CN)CC(=O)Nc1nc2ccccc2[nH]1. The first-order valence-electron chi connectivity index (χ1n) is 5.70. The summed E-state index contributed by atoms with van der Waals surface area (Å²) in [6.45, 7) is 0.310. The molecule has 1 heterocycles. The van der Waals surface area contributed by atoms with E-state index >= 15 is 0 Å². The molecule has 0 spiro atoms. The summed E-state index contributed by atoms with van der Waals surface area (Å²) in [5.74, 6) is 0.263. The molecule has 6 heteroatoms. The predicted molar refractivity (Wildman–Crippen MR) is 69.2 cm³/mol. The van der Waals surface area contributed by atoms with Crippen LogP contribution in [0.25, 0.3) is 11.0 Å². The van der Waals surface area contributed by atoms with E-state index in [1.54, 1.807) is 0 Å². The average molecular weight is 248 g/mol. The van der Waals surface area contributed by atoms with Crippen LogP contribution in [0.15, 0.2) is 24.3 Å². The number of para-hydroxylation sites is 2. The molecular formula is C12H16N4O2. The number of carbonyl (C=O) groups excluding carboxylic acids is 1. The highest BCUT2D eigenvalue weighted by atomic mass is 16.5. The van der Waals surface area contributed by atoms with Crippen molar-refractivity contribution in [2.24, 2.45) is 5.73 Å². The monoisotopic (exact) mass is 248 g/mol. The summed E-state index contributed by atoms with van der Waals surface area (Å²) in [7, 11) is 1.53. The zero-order valence-corrected chi connectivity index (χ0v) is 10.1. The van der Waals surface area contributed by atoms with Crippen molar-refractivity contribution in [3.8, 4) is 0 Å². The fourth-order valence-corrected chi connectivity index (χ4v) is 1.66. The van der Waals surface area contributed by atoms with Gasteiger partial charge >= 0.3 is 0 Å². The minimum absolute atomic E-state index is 0.175. The van der Waals surface area contributed by atoms with Crippen molar-refractivity contribution in [2.45, 2.75) is 12.5 Å². The van der Waals surface area contributed by atoms with Gasteiger partial charge in [0.2, 0.25) is 11.9 Å². The van der Waals surface area contributed by atoms with Crippen molar-refractivity contribution in [2.75, 3.05) is 19.0 Å². The smallest absolute Gasteiger partial charge is 0.229 e. The largest absolute Gasteiger partial charge is 0.380 e. The Morgan fingerprint density at radius 1 is 1.56 bits per heavy atom. The van der Waals surface area contributed by atoms with Gasteiger partial charge in [0.05, 0.1) is 23.6 Å². The number of aromatic nitrogens is 2. The number of carbonyl (C=O) groups is 1. The molecule has 1 amide bonds. The number of nitrogens with zero attached hydrogens (tertiary/aromatic N) is 1. The molecule has 0 aliphatic rings. The Balaban J connectivity index is 2.02. The van der Waals surface area contributed by atoms with Gasteiger partial charge < -0.3 is 15.5 Å². The summed E-state index contributed by atoms with van der Waals surface area (Å²) in [4.78, 5) is 19.0. The Morgan fingerprint density at radius 3 is 3.00 bits per heavy atom. The van der Waals surface area contributed by atoms with Crippen LogP contribution in [0.4, 0.5) is 5.95 Å². The number of H-pyrrole nitrogens is 1. The molecule has 0 aliphatic heterocycles. The highest BCUT2D eigenvalue weighted by Crippen LogP contribution is 2.13. The maximum atomic E-state index is 11.7. The Kier molecular flexibility index (Phi) is 3.91. The Bertz CT molecular complexity index is 501. The van der Waals surface area contributed by atoms with Crippen molar-refractivity contribution in [1.82, 2.24) is 9.97 Å². The predicted octanol–water partition coefficient (Wildman–Crippen LogP) is 0.865. The van der Waals surface area contributed by atoms with Crippen LogP contribution >= 0.6 is 0 Å². The Labute approximate surface area is 105 Å². The molecule has 0 saturated carbocycles. The number of methoxy groups -OCH3 is 1. The zero-order chi connectivity index (χ0) is 13.0. The molecule has 1 atom stereocenters. The highest BCUT2D eigenvalue weighted by molar-refractivity contribution is 5.91. The molecule has 4 N–H and O–H groups in total. The summed E-state index contributed by atoms with van der Waals surface area (Å²) in [6, 6.07) is 7.57. The van der Waals surface area contributed by atoms with Gasteiger partial charge in [-0.15, -0.1) is 0 Å². The van der Waals surface area contributed by atoms with Gasteiger partial charge in [-0.05, 0) is 12.1 Å². The van der Waals surface area contributed by atoms with Crippen LogP contribution in [-0.2, 0) is 9.53 Å². The molecule has 6 nitrogen and oxygen atoms in total. The summed E-state index contributed by atoms with van der Waals surface area (Å²) < 4.78 is 5.05. The maximum absolute atomic E-state index is 11.7. The lowest BCUT2D eigenvalue weighted by Gasteiger charge is -2.11. The number of benzene rings is 1. The van der Waals surface area contributed by atoms with Crippen molar-refractivity contribution in [3.05, 3.63) is 24.3 Å². The molecule has 18 heavy (non-hydrogen) atoms. The first-order valence-corrected chi connectivity index (χ1v) is 5.70. The molecule has 2 rings (SSSR count). The number of aromatic amines is 1. The summed E-state index contributed by atoms with van der Waals surface area (Å²) in [5, 5.41) is 2.69. The lowest BCUT2D eigenvalue weighted by atomic mass is 10.2. The third-order valence-electron chi connectivity index (χ3n) is 2.66. The number of amides is 1. The second-order valence-electron chi connectivity index (χ2n) is 3.95. The second kappa shape index (κ2) is 5.61. The van der Waals surface area contributed by atoms with Crippen LogP contribution in [0.5, 0.6) is 0 Å². The first-order chi connectivity index (χ1) is 8.72. The van der Waals surface area contributed by atoms with E-state index in [-0.39, 0.29) is 18.4 Å². The number of ether oxygens (including phenoxy) is 1. The topological polar surface area (TPSA) is 93.0 Å². The molecule has 0 bridgehead atoms. The van der Waals surface area contributed by atoms with E-state index in [2.05, 4.69) is 15.3 Å².